The molecule has 2 aromatic carbocycles. The van der Waals surface area contributed by atoms with Crippen molar-refractivity contribution in [3.05, 3.63) is 64.6 Å². The van der Waals surface area contributed by atoms with Gasteiger partial charge in [-0.15, -0.1) is 11.8 Å². The molecule has 0 heterocycles. The molecule has 108 valence electrons. The van der Waals surface area contributed by atoms with Gasteiger partial charge < -0.3 is 0 Å². The molecule has 0 fully saturated rings. The summed E-state index contributed by atoms with van der Waals surface area (Å²) >= 11 is 5.24. The van der Waals surface area contributed by atoms with E-state index in [0.29, 0.717) is 5.75 Å². The molecule has 0 bridgehead atoms. The van der Waals surface area contributed by atoms with Crippen molar-refractivity contribution in [2.45, 2.75) is 17.4 Å². The first-order chi connectivity index (χ1) is 10.2. The van der Waals surface area contributed by atoms with Crippen molar-refractivity contribution in [3.8, 4) is 6.07 Å². The van der Waals surface area contributed by atoms with E-state index in [1.165, 1.54) is 0 Å². The van der Waals surface area contributed by atoms with E-state index in [2.05, 4.69) is 33.4 Å². The predicted molar refractivity (Wildman–Crippen MR) is 92.3 cm³/mol. The van der Waals surface area contributed by atoms with Crippen LogP contribution in [0.5, 0.6) is 0 Å². The van der Waals surface area contributed by atoms with Crippen molar-refractivity contribution in [2.75, 3.05) is 12.3 Å². The summed E-state index contributed by atoms with van der Waals surface area (Å²) in [5, 5.41) is 13.1. The fraction of sp³-hybridized carbons (Fsp3) is 0.235. The minimum atomic E-state index is -0.671. The third kappa shape index (κ3) is 3.88. The molecule has 4 heteroatoms. The second-order valence-electron chi connectivity index (χ2n) is 4.63. The topological polar surface area (TPSA) is 35.8 Å². The molecular weight excluding hydrogens is 344 g/mol. The van der Waals surface area contributed by atoms with Gasteiger partial charge in [-0.1, -0.05) is 49.4 Å². The van der Waals surface area contributed by atoms with Gasteiger partial charge in [-0.3, -0.25) is 5.32 Å². The SMILES string of the molecule is CCNC(C#N)(CSc1ccccc1Br)c1ccccc1. The van der Waals surface area contributed by atoms with Crippen LogP contribution in [0, 0.1) is 11.3 Å². The zero-order chi connectivity index (χ0) is 15.1. The first-order valence-electron chi connectivity index (χ1n) is 6.81. The van der Waals surface area contributed by atoms with Gasteiger partial charge in [0, 0.05) is 15.1 Å². The van der Waals surface area contributed by atoms with E-state index < -0.39 is 5.54 Å². The Hall–Kier alpha value is -1.28. The molecule has 1 unspecified atom stereocenters. The number of nitrogens with zero attached hydrogens (tertiary/aromatic N) is 1. The molecule has 0 aliphatic rings. The predicted octanol–water partition coefficient (Wildman–Crippen LogP) is 4.57. The maximum atomic E-state index is 9.77. The Morgan fingerprint density at radius 2 is 1.81 bits per heavy atom. The fourth-order valence-corrected chi connectivity index (χ4v) is 3.86. The molecule has 0 aromatic heterocycles. The van der Waals surface area contributed by atoms with Crippen molar-refractivity contribution in [3.63, 3.8) is 0 Å². The van der Waals surface area contributed by atoms with Gasteiger partial charge in [0.2, 0.25) is 0 Å². The molecule has 1 atom stereocenters. The van der Waals surface area contributed by atoms with Crippen LogP contribution >= 0.6 is 27.7 Å². The van der Waals surface area contributed by atoms with Crippen LogP contribution in [-0.2, 0) is 5.54 Å². The van der Waals surface area contributed by atoms with Crippen LogP contribution in [-0.4, -0.2) is 12.3 Å². The number of hydrogen-bond donors (Lipinski definition) is 1. The Labute approximate surface area is 138 Å². The maximum Gasteiger partial charge on any atom is 0.141 e. The minimum absolute atomic E-state index is 0.657. The largest absolute Gasteiger partial charge is 0.295 e. The van der Waals surface area contributed by atoms with Crippen LogP contribution in [0.1, 0.15) is 12.5 Å². The van der Waals surface area contributed by atoms with E-state index in [-0.39, 0.29) is 0 Å². The van der Waals surface area contributed by atoms with Crippen molar-refractivity contribution in [2.24, 2.45) is 0 Å². The summed E-state index contributed by atoms with van der Waals surface area (Å²) in [5.74, 6) is 0.657. The average Bonchev–Trinajstić information content (AvgIpc) is 2.54. The van der Waals surface area contributed by atoms with E-state index in [4.69, 9.17) is 0 Å². The number of nitrogens with one attached hydrogen (secondary N) is 1. The van der Waals surface area contributed by atoms with Gasteiger partial charge in [-0.25, -0.2) is 0 Å². The maximum absolute atomic E-state index is 9.77. The lowest BCUT2D eigenvalue weighted by Crippen LogP contribution is -2.43. The number of nitriles is 1. The number of hydrogen-bond acceptors (Lipinski definition) is 3. The third-order valence-corrected chi connectivity index (χ3v) is 5.42. The van der Waals surface area contributed by atoms with E-state index in [1.54, 1.807) is 11.8 Å². The Morgan fingerprint density at radius 3 is 2.43 bits per heavy atom. The molecule has 2 nitrogen and oxygen atoms in total. The highest BCUT2D eigenvalue weighted by Gasteiger charge is 2.31. The first kappa shape index (κ1) is 16.1. The summed E-state index contributed by atoms with van der Waals surface area (Å²) in [6.45, 7) is 2.77. The van der Waals surface area contributed by atoms with Crippen molar-refractivity contribution in [1.82, 2.24) is 5.32 Å². The third-order valence-electron chi connectivity index (χ3n) is 3.22. The highest BCUT2D eigenvalue weighted by atomic mass is 79.9. The van der Waals surface area contributed by atoms with Gasteiger partial charge in [0.15, 0.2) is 0 Å². The molecular formula is C17H17BrN2S. The highest BCUT2D eigenvalue weighted by Crippen LogP contribution is 2.33. The summed E-state index contributed by atoms with van der Waals surface area (Å²) < 4.78 is 1.06. The molecule has 0 amide bonds. The average molecular weight is 361 g/mol. The molecule has 0 radical (unpaired) electrons. The number of rotatable bonds is 6. The normalized spacial score (nSPS) is 13.4. The lowest BCUT2D eigenvalue weighted by Gasteiger charge is -2.28. The Kier molecular flexibility index (Phi) is 5.86. The van der Waals surface area contributed by atoms with Crippen LogP contribution in [0.4, 0.5) is 0 Å². The summed E-state index contributed by atoms with van der Waals surface area (Å²) in [6.07, 6.45) is 0. The zero-order valence-electron chi connectivity index (χ0n) is 11.8. The molecule has 0 saturated carbocycles. The molecule has 2 rings (SSSR count). The molecule has 0 saturated heterocycles. The van der Waals surface area contributed by atoms with E-state index in [1.807, 2.05) is 55.5 Å². The van der Waals surface area contributed by atoms with Crippen LogP contribution in [0.15, 0.2) is 64.0 Å². The number of halogens is 1. The molecule has 21 heavy (non-hydrogen) atoms. The molecule has 0 spiro atoms. The lowest BCUT2D eigenvalue weighted by molar-refractivity contribution is 0.490. The smallest absolute Gasteiger partial charge is 0.141 e. The number of thioether (sulfide) groups is 1. The Bertz CT molecular complexity index is 624. The first-order valence-corrected chi connectivity index (χ1v) is 8.59. The van der Waals surface area contributed by atoms with Crippen molar-refractivity contribution >= 4 is 27.7 Å². The van der Waals surface area contributed by atoms with Crippen LogP contribution in [0.2, 0.25) is 0 Å². The molecule has 2 aromatic rings. The van der Waals surface area contributed by atoms with E-state index >= 15 is 0 Å². The monoisotopic (exact) mass is 360 g/mol. The number of benzene rings is 2. The summed E-state index contributed by atoms with van der Waals surface area (Å²) in [7, 11) is 0. The minimum Gasteiger partial charge on any atom is -0.295 e. The van der Waals surface area contributed by atoms with Gasteiger partial charge in [-0.05, 0) is 40.2 Å². The molecule has 1 N–H and O–H groups in total. The summed E-state index contributed by atoms with van der Waals surface area (Å²) in [5.41, 5.74) is 0.338. The fourth-order valence-electron chi connectivity index (χ4n) is 2.15. The quantitative estimate of drug-likeness (QED) is 0.766. The Balaban J connectivity index is 2.26. The van der Waals surface area contributed by atoms with E-state index in [9.17, 15) is 5.26 Å². The van der Waals surface area contributed by atoms with Gasteiger partial charge in [0.25, 0.3) is 0 Å². The zero-order valence-corrected chi connectivity index (χ0v) is 14.2. The summed E-state index contributed by atoms with van der Waals surface area (Å²) in [6, 6.07) is 20.5. The van der Waals surface area contributed by atoms with Crippen LogP contribution in [0.25, 0.3) is 0 Å². The van der Waals surface area contributed by atoms with Gasteiger partial charge >= 0.3 is 0 Å². The van der Waals surface area contributed by atoms with Crippen LogP contribution in [0.3, 0.4) is 0 Å². The molecule has 0 aliphatic carbocycles. The van der Waals surface area contributed by atoms with Gasteiger partial charge in [0.1, 0.15) is 5.54 Å². The molecule has 0 aliphatic heterocycles. The van der Waals surface area contributed by atoms with Gasteiger partial charge in [0.05, 0.1) is 6.07 Å². The standard InChI is InChI=1S/C17H17BrN2S/c1-2-20-17(12-19,14-8-4-3-5-9-14)13-21-16-11-7-6-10-15(16)18/h3-11,20H,2,13H2,1H3. The lowest BCUT2D eigenvalue weighted by atomic mass is 9.93. The van der Waals surface area contributed by atoms with Crippen molar-refractivity contribution < 1.29 is 0 Å². The second-order valence-corrected chi connectivity index (χ2v) is 6.50. The second kappa shape index (κ2) is 7.65. The highest BCUT2D eigenvalue weighted by molar-refractivity contribution is 9.10. The summed E-state index contributed by atoms with van der Waals surface area (Å²) in [4.78, 5) is 1.14. The Morgan fingerprint density at radius 1 is 1.14 bits per heavy atom. The van der Waals surface area contributed by atoms with Crippen LogP contribution < -0.4 is 5.32 Å². The van der Waals surface area contributed by atoms with Crippen molar-refractivity contribution in [1.29, 1.82) is 5.26 Å². The van der Waals surface area contributed by atoms with E-state index in [0.717, 1.165) is 21.5 Å². The van der Waals surface area contributed by atoms with Gasteiger partial charge in [-0.2, -0.15) is 5.26 Å².